The van der Waals surface area contributed by atoms with E-state index in [0.29, 0.717) is 0 Å². The summed E-state index contributed by atoms with van der Waals surface area (Å²) < 4.78 is 1.69. The van der Waals surface area contributed by atoms with Crippen LogP contribution < -0.4 is 0 Å². The van der Waals surface area contributed by atoms with Gasteiger partial charge in [-0.1, -0.05) is 0 Å². The molecule has 0 amide bonds. The highest BCUT2D eigenvalue weighted by Gasteiger charge is 2.02. The summed E-state index contributed by atoms with van der Waals surface area (Å²) in [6.45, 7) is 2.23. The third kappa shape index (κ3) is 22.6. The number of aliphatic hydroxyl groups is 2. The quantitative estimate of drug-likeness (QED) is 0.604. The molecule has 4 nitrogen and oxygen atoms in total. The Kier molecular flexibility index (Phi) is 8.34. The SMILES string of the molecule is C[N+](C)(C)CCO.C[N+](C)(C)CCO. The normalized spacial score (nSPS) is 12.0. The number of hydrogen-bond acceptors (Lipinski definition) is 2. The first-order valence-electron chi connectivity index (χ1n) is 4.95. The fourth-order valence-corrected chi connectivity index (χ4v) is 0.600. The van der Waals surface area contributed by atoms with E-state index >= 15 is 0 Å². The van der Waals surface area contributed by atoms with E-state index in [1.807, 2.05) is 0 Å². The van der Waals surface area contributed by atoms with Gasteiger partial charge in [0.15, 0.2) is 0 Å². The molecule has 0 aliphatic heterocycles. The van der Waals surface area contributed by atoms with Crippen molar-refractivity contribution in [2.24, 2.45) is 0 Å². The van der Waals surface area contributed by atoms with E-state index in [1.54, 1.807) is 0 Å². The highest BCUT2D eigenvalue weighted by atomic mass is 16.3. The minimum Gasteiger partial charge on any atom is -0.391 e. The van der Waals surface area contributed by atoms with Crippen molar-refractivity contribution in [3.63, 3.8) is 0 Å². The van der Waals surface area contributed by atoms with Gasteiger partial charge in [0.05, 0.1) is 55.5 Å². The highest BCUT2D eigenvalue weighted by Crippen LogP contribution is 1.85. The van der Waals surface area contributed by atoms with Crippen molar-refractivity contribution in [2.45, 2.75) is 0 Å². The summed E-state index contributed by atoms with van der Waals surface area (Å²) in [6, 6.07) is 0. The van der Waals surface area contributed by atoms with Crippen LogP contribution in [0, 0.1) is 0 Å². The maximum Gasteiger partial charge on any atom is 0.101 e. The van der Waals surface area contributed by atoms with Crippen molar-refractivity contribution in [1.82, 2.24) is 0 Å². The Morgan fingerprint density at radius 3 is 0.857 bits per heavy atom. The Hall–Kier alpha value is -0.160. The van der Waals surface area contributed by atoms with E-state index in [0.717, 1.165) is 22.1 Å². The lowest BCUT2D eigenvalue weighted by molar-refractivity contribution is -0.870. The fraction of sp³-hybridized carbons (Fsp3) is 1.00. The number of hydrogen-bond donors (Lipinski definition) is 2. The zero-order valence-electron chi connectivity index (χ0n) is 10.6. The van der Waals surface area contributed by atoms with Gasteiger partial charge < -0.3 is 19.2 Å². The van der Waals surface area contributed by atoms with Crippen LogP contribution in [0.1, 0.15) is 0 Å². The molecule has 0 bridgehead atoms. The van der Waals surface area contributed by atoms with Gasteiger partial charge >= 0.3 is 0 Å². The lowest BCUT2D eigenvalue weighted by Crippen LogP contribution is -2.36. The smallest absolute Gasteiger partial charge is 0.101 e. The number of quaternary nitrogens is 2. The second kappa shape index (κ2) is 7.17. The largest absolute Gasteiger partial charge is 0.391 e. The van der Waals surface area contributed by atoms with Crippen molar-refractivity contribution in [1.29, 1.82) is 0 Å². The Balaban J connectivity index is 0. The monoisotopic (exact) mass is 208 g/mol. The number of rotatable bonds is 4. The van der Waals surface area contributed by atoms with Crippen molar-refractivity contribution in [3.8, 4) is 0 Å². The minimum atomic E-state index is 0.281. The molecule has 0 saturated carbocycles. The Morgan fingerprint density at radius 1 is 0.643 bits per heavy atom. The van der Waals surface area contributed by atoms with Crippen LogP contribution in [-0.2, 0) is 0 Å². The average Bonchev–Trinajstić information content (AvgIpc) is 1.81. The minimum absolute atomic E-state index is 0.281. The van der Waals surface area contributed by atoms with Crippen LogP contribution in [0.5, 0.6) is 0 Å². The van der Waals surface area contributed by atoms with Crippen LogP contribution in [0.25, 0.3) is 0 Å². The summed E-state index contributed by atoms with van der Waals surface area (Å²) in [7, 11) is 12.3. The summed E-state index contributed by atoms with van der Waals surface area (Å²) in [5, 5.41) is 16.8. The Labute approximate surface area is 88.6 Å². The maximum atomic E-state index is 8.39. The number of nitrogens with zero attached hydrogens (tertiary/aromatic N) is 2. The molecule has 0 atom stereocenters. The summed E-state index contributed by atoms with van der Waals surface area (Å²) in [6.07, 6.45) is 0. The number of aliphatic hydroxyl groups excluding tert-OH is 2. The molecule has 0 fully saturated rings. The Morgan fingerprint density at radius 2 is 0.857 bits per heavy atom. The number of likely N-dealkylation sites (N-methyl/N-ethyl adjacent to an activating group) is 2. The first-order valence-corrected chi connectivity index (χ1v) is 4.95. The predicted molar refractivity (Wildman–Crippen MR) is 60.0 cm³/mol. The second-order valence-electron chi connectivity index (χ2n) is 5.48. The van der Waals surface area contributed by atoms with Gasteiger partial charge in [-0.05, 0) is 0 Å². The molecule has 0 rings (SSSR count). The van der Waals surface area contributed by atoms with E-state index < -0.39 is 0 Å². The van der Waals surface area contributed by atoms with Crippen LogP contribution in [-0.4, -0.2) is 87.8 Å². The molecule has 88 valence electrons. The third-order valence-electron chi connectivity index (χ3n) is 1.54. The molecule has 0 aromatic heterocycles. The molecule has 14 heavy (non-hydrogen) atoms. The first-order chi connectivity index (χ1) is 6.12. The molecule has 0 heterocycles. The molecule has 4 heteroatoms. The molecule has 0 aromatic rings. The van der Waals surface area contributed by atoms with Crippen LogP contribution >= 0.6 is 0 Å². The van der Waals surface area contributed by atoms with Gasteiger partial charge in [-0.3, -0.25) is 0 Å². The van der Waals surface area contributed by atoms with Gasteiger partial charge in [0.25, 0.3) is 0 Å². The van der Waals surface area contributed by atoms with E-state index in [4.69, 9.17) is 10.2 Å². The summed E-state index contributed by atoms with van der Waals surface area (Å²) >= 11 is 0. The highest BCUT2D eigenvalue weighted by molar-refractivity contribution is 4.19. The van der Waals surface area contributed by atoms with Crippen molar-refractivity contribution in [2.75, 3.05) is 68.6 Å². The van der Waals surface area contributed by atoms with Gasteiger partial charge in [0.1, 0.15) is 13.1 Å². The molecule has 0 aliphatic rings. The van der Waals surface area contributed by atoms with E-state index in [9.17, 15) is 0 Å². The molecular formula is C10H28N2O2+2. The molecule has 0 saturated heterocycles. The van der Waals surface area contributed by atoms with E-state index in [2.05, 4.69) is 42.3 Å². The second-order valence-corrected chi connectivity index (χ2v) is 5.48. The van der Waals surface area contributed by atoms with Crippen LogP contribution in [0.4, 0.5) is 0 Å². The lowest BCUT2D eigenvalue weighted by Gasteiger charge is -2.21. The van der Waals surface area contributed by atoms with Crippen LogP contribution in [0.2, 0.25) is 0 Å². The van der Waals surface area contributed by atoms with E-state index in [1.165, 1.54) is 0 Å². The van der Waals surface area contributed by atoms with Gasteiger partial charge in [-0.25, -0.2) is 0 Å². The molecule has 0 unspecified atom stereocenters. The van der Waals surface area contributed by atoms with E-state index in [-0.39, 0.29) is 13.2 Å². The van der Waals surface area contributed by atoms with Gasteiger partial charge in [0.2, 0.25) is 0 Å². The molecule has 0 radical (unpaired) electrons. The van der Waals surface area contributed by atoms with Gasteiger partial charge in [-0.15, -0.1) is 0 Å². The summed E-state index contributed by atoms with van der Waals surface area (Å²) in [5.41, 5.74) is 0. The van der Waals surface area contributed by atoms with Crippen molar-refractivity contribution >= 4 is 0 Å². The topological polar surface area (TPSA) is 40.5 Å². The van der Waals surface area contributed by atoms with Gasteiger partial charge in [-0.2, -0.15) is 0 Å². The molecule has 0 aromatic carbocycles. The van der Waals surface area contributed by atoms with Crippen LogP contribution in [0.3, 0.4) is 0 Å². The van der Waals surface area contributed by atoms with Crippen molar-refractivity contribution < 1.29 is 19.2 Å². The zero-order valence-corrected chi connectivity index (χ0v) is 10.6. The predicted octanol–water partition coefficient (Wildman–Crippen LogP) is -0.630. The average molecular weight is 208 g/mol. The first kappa shape index (κ1) is 16.3. The molecule has 0 aliphatic carbocycles. The molecular weight excluding hydrogens is 180 g/mol. The van der Waals surface area contributed by atoms with Crippen LogP contribution in [0.15, 0.2) is 0 Å². The van der Waals surface area contributed by atoms with Crippen molar-refractivity contribution in [3.05, 3.63) is 0 Å². The standard InChI is InChI=1S/2C5H14NO/c2*1-6(2,3)4-5-7/h2*7H,4-5H2,1-3H3/q2*+1. The third-order valence-corrected chi connectivity index (χ3v) is 1.54. The summed E-state index contributed by atoms with van der Waals surface area (Å²) in [4.78, 5) is 0. The molecule has 2 N–H and O–H groups in total. The Bertz CT molecular complexity index is 109. The maximum absolute atomic E-state index is 8.39. The van der Waals surface area contributed by atoms with Gasteiger partial charge in [0, 0.05) is 0 Å². The zero-order chi connectivity index (χ0) is 11.8. The molecule has 0 spiro atoms. The summed E-state index contributed by atoms with van der Waals surface area (Å²) in [5.74, 6) is 0. The fourth-order valence-electron chi connectivity index (χ4n) is 0.600. The lowest BCUT2D eigenvalue weighted by atomic mass is 10.5.